The molecule has 1 aromatic rings. The zero-order valence-corrected chi connectivity index (χ0v) is 14.9. The van der Waals surface area contributed by atoms with Crippen LogP contribution in [0.1, 0.15) is 44.4 Å². The third-order valence-electron chi connectivity index (χ3n) is 4.43. The van der Waals surface area contributed by atoms with Crippen molar-refractivity contribution in [1.29, 1.82) is 0 Å². The fraction of sp³-hybridized carbons (Fsp3) is 0.588. The first-order valence-electron chi connectivity index (χ1n) is 8.34. The lowest BCUT2D eigenvalue weighted by atomic mass is 10.1. The van der Waals surface area contributed by atoms with Crippen LogP contribution in [-0.4, -0.2) is 45.8 Å². The number of amides is 4. The number of nitrogens with one attached hydrogen (secondary N) is 1. The topological polar surface area (TPSA) is 69.7 Å². The highest BCUT2D eigenvalue weighted by Gasteiger charge is 2.43. The van der Waals surface area contributed by atoms with Crippen LogP contribution in [0, 0.1) is 0 Å². The summed E-state index contributed by atoms with van der Waals surface area (Å²) >= 11 is 1.66. The summed E-state index contributed by atoms with van der Waals surface area (Å²) in [5.41, 5.74) is -0.847. The van der Waals surface area contributed by atoms with Gasteiger partial charge in [-0.1, -0.05) is 6.07 Å². The molecule has 1 saturated heterocycles. The lowest BCUT2D eigenvalue weighted by molar-refractivity contribution is -0.134. The first kappa shape index (κ1) is 17.0. The number of nitrogens with zero attached hydrogens (tertiary/aromatic N) is 2. The van der Waals surface area contributed by atoms with Crippen molar-refractivity contribution in [1.82, 2.24) is 15.1 Å². The first-order valence-corrected chi connectivity index (χ1v) is 9.22. The molecule has 7 heteroatoms. The van der Waals surface area contributed by atoms with Gasteiger partial charge < -0.3 is 10.2 Å². The van der Waals surface area contributed by atoms with E-state index in [1.54, 1.807) is 25.2 Å². The van der Waals surface area contributed by atoms with E-state index < -0.39 is 5.54 Å². The van der Waals surface area contributed by atoms with Crippen LogP contribution in [0.15, 0.2) is 17.5 Å². The molecule has 1 aromatic heterocycles. The van der Waals surface area contributed by atoms with Gasteiger partial charge in [-0.3, -0.25) is 14.5 Å². The summed E-state index contributed by atoms with van der Waals surface area (Å²) in [4.78, 5) is 40.9. The molecule has 2 heterocycles. The Morgan fingerprint density at radius 1 is 1.42 bits per heavy atom. The zero-order valence-electron chi connectivity index (χ0n) is 14.1. The van der Waals surface area contributed by atoms with Gasteiger partial charge in [-0.25, -0.2) is 4.79 Å². The first-order chi connectivity index (χ1) is 11.4. The summed E-state index contributed by atoms with van der Waals surface area (Å²) in [5, 5.41) is 4.67. The van der Waals surface area contributed by atoms with Gasteiger partial charge in [-0.2, -0.15) is 0 Å². The molecule has 3 rings (SSSR count). The Bertz CT molecular complexity index is 638. The highest BCUT2D eigenvalue weighted by Crippen LogP contribution is 2.30. The molecule has 2 fully saturated rings. The Balaban J connectivity index is 1.51. The smallest absolute Gasteiger partial charge is 0.325 e. The van der Waals surface area contributed by atoms with Crippen LogP contribution >= 0.6 is 11.3 Å². The van der Waals surface area contributed by atoms with Crippen LogP contribution in [0.25, 0.3) is 0 Å². The second-order valence-electron chi connectivity index (χ2n) is 6.95. The van der Waals surface area contributed by atoms with E-state index in [2.05, 4.69) is 5.32 Å². The second kappa shape index (κ2) is 6.55. The van der Waals surface area contributed by atoms with Crippen molar-refractivity contribution in [3.05, 3.63) is 22.4 Å². The SMILES string of the molecule is CC1(C)NC(=O)N(CCCC(=O)N(Cc2cccs2)C2CC2)C1=O. The minimum atomic E-state index is -0.847. The number of urea groups is 1. The lowest BCUT2D eigenvalue weighted by Crippen LogP contribution is -2.40. The number of imide groups is 1. The van der Waals surface area contributed by atoms with Crippen molar-refractivity contribution in [3.8, 4) is 0 Å². The molecule has 130 valence electrons. The van der Waals surface area contributed by atoms with Gasteiger partial charge in [0.25, 0.3) is 5.91 Å². The zero-order chi connectivity index (χ0) is 17.3. The molecule has 1 aliphatic carbocycles. The molecule has 1 saturated carbocycles. The monoisotopic (exact) mass is 349 g/mol. The summed E-state index contributed by atoms with van der Waals surface area (Å²) in [7, 11) is 0. The van der Waals surface area contributed by atoms with Crippen molar-refractivity contribution in [2.75, 3.05) is 6.54 Å². The normalized spacial score (nSPS) is 19.5. The third-order valence-corrected chi connectivity index (χ3v) is 5.29. The van der Waals surface area contributed by atoms with Gasteiger partial charge in [0, 0.05) is 23.9 Å². The number of hydrogen-bond donors (Lipinski definition) is 1. The Morgan fingerprint density at radius 3 is 2.71 bits per heavy atom. The molecular weight excluding hydrogens is 326 g/mol. The van der Waals surface area contributed by atoms with Crippen LogP contribution in [0.2, 0.25) is 0 Å². The van der Waals surface area contributed by atoms with E-state index in [0.717, 1.165) is 12.8 Å². The number of carbonyl (C=O) groups excluding carboxylic acids is 3. The van der Waals surface area contributed by atoms with Crippen LogP contribution in [0.5, 0.6) is 0 Å². The van der Waals surface area contributed by atoms with E-state index >= 15 is 0 Å². The Labute approximate surface area is 145 Å². The summed E-state index contributed by atoms with van der Waals surface area (Å²) in [5.74, 6) is -0.116. The maximum absolute atomic E-state index is 12.5. The summed E-state index contributed by atoms with van der Waals surface area (Å²) in [6.07, 6.45) is 3.00. The molecule has 1 N–H and O–H groups in total. The maximum Gasteiger partial charge on any atom is 0.325 e. The van der Waals surface area contributed by atoms with Crippen LogP contribution < -0.4 is 5.32 Å². The average molecular weight is 349 g/mol. The fourth-order valence-electron chi connectivity index (χ4n) is 2.93. The molecular formula is C17H23N3O3S. The highest BCUT2D eigenvalue weighted by atomic mass is 32.1. The standard InChI is InChI=1S/C17H23N3O3S/c1-17(2)15(22)19(16(23)18-17)9-3-6-14(21)20(12-7-8-12)11-13-5-4-10-24-13/h4-5,10,12H,3,6-9,11H2,1-2H3,(H,18,23). The summed E-state index contributed by atoms with van der Waals surface area (Å²) in [6.45, 7) is 4.33. The number of carbonyl (C=O) groups is 3. The minimum absolute atomic E-state index is 0.109. The molecule has 6 nitrogen and oxygen atoms in total. The average Bonchev–Trinajstić information content (AvgIpc) is 3.18. The van der Waals surface area contributed by atoms with E-state index in [1.165, 1.54) is 9.78 Å². The molecule has 2 aliphatic rings. The second-order valence-corrected chi connectivity index (χ2v) is 7.98. The van der Waals surface area contributed by atoms with Crippen molar-refractivity contribution >= 4 is 29.2 Å². The number of hydrogen-bond acceptors (Lipinski definition) is 4. The molecule has 0 aromatic carbocycles. The predicted molar refractivity (Wildman–Crippen MR) is 91.4 cm³/mol. The van der Waals surface area contributed by atoms with E-state index in [4.69, 9.17) is 0 Å². The number of thiophene rings is 1. The molecule has 0 bridgehead atoms. The number of rotatable bonds is 7. The molecule has 24 heavy (non-hydrogen) atoms. The summed E-state index contributed by atoms with van der Waals surface area (Å²) in [6, 6.07) is 4.03. The quantitative estimate of drug-likeness (QED) is 0.768. The van der Waals surface area contributed by atoms with Gasteiger partial charge in [-0.15, -0.1) is 11.3 Å². The Hall–Kier alpha value is -1.89. The molecule has 0 unspecified atom stereocenters. The van der Waals surface area contributed by atoms with Crippen LogP contribution in [0.4, 0.5) is 4.79 Å². The maximum atomic E-state index is 12.5. The van der Waals surface area contributed by atoms with Gasteiger partial charge in [0.2, 0.25) is 5.91 Å². The Kier molecular flexibility index (Phi) is 4.62. The van der Waals surface area contributed by atoms with E-state index in [-0.39, 0.29) is 24.4 Å². The van der Waals surface area contributed by atoms with Gasteiger partial charge in [0.1, 0.15) is 5.54 Å². The van der Waals surface area contributed by atoms with E-state index in [9.17, 15) is 14.4 Å². The van der Waals surface area contributed by atoms with Crippen molar-refractivity contribution in [3.63, 3.8) is 0 Å². The molecule has 4 amide bonds. The van der Waals surface area contributed by atoms with Crippen molar-refractivity contribution in [2.24, 2.45) is 0 Å². The molecule has 0 spiro atoms. The summed E-state index contributed by atoms with van der Waals surface area (Å²) < 4.78 is 0. The van der Waals surface area contributed by atoms with E-state index in [0.29, 0.717) is 25.4 Å². The molecule has 0 atom stereocenters. The van der Waals surface area contributed by atoms with Crippen molar-refractivity contribution < 1.29 is 14.4 Å². The van der Waals surface area contributed by atoms with Gasteiger partial charge >= 0.3 is 6.03 Å². The minimum Gasteiger partial charge on any atom is -0.335 e. The fourth-order valence-corrected chi connectivity index (χ4v) is 3.63. The Morgan fingerprint density at radius 2 is 2.17 bits per heavy atom. The third kappa shape index (κ3) is 3.61. The predicted octanol–water partition coefficient (Wildman–Crippen LogP) is 2.35. The lowest BCUT2D eigenvalue weighted by Gasteiger charge is -2.22. The van der Waals surface area contributed by atoms with Gasteiger partial charge in [-0.05, 0) is 44.6 Å². The van der Waals surface area contributed by atoms with Gasteiger partial charge in [0.05, 0.1) is 6.54 Å². The van der Waals surface area contributed by atoms with Crippen LogP contribution in [0.3, 0.4) is 0 Å². The van der Waals surface area contributed by atoms with Crippen molar-refractivity contribution in [2.45, 2.75) is 57.7 Å². The van der Waals surface area contributed by atoms with Gasteiger partial charge in [0.15, 0.2) is 0 Å². The van der Waals surface area contributed by atoms with E-state index in [1.807, 2.05) is 22.4 Å². The molecule has 1 aliphatic heterocycles. The van der Waals surface area contributed by atoms with Crippen LogP contribution in [-0.2, 0) is 16.1 Å². The largest absolute Gasteiger partial charge is 0.335 e. The highest BCUT2D eigenvalue weighted by molar-refractivity contribution is 7.09. The molecule has 0 radical (unpaired) electrons.